The molecule has 2 heterocycles. The van der Waals surface area contributed by atoms with Gasteiger partial charge in [0, 0.05) is 21.7 Å². The van der Waals surface area contributed by atoms with E-state index in [2.05, 4.69) is 0 Å². The normalized spacial score (nSPS) is 17.9. The fourth-order valence-corrected chi connectivity index (χ4v) is 4.94. The number of halogens is 1. The van der Waals surface area contributed by atoms with E-state index in [1.165, 1.54) is 40.5 Å². The van der Waals surface area contributed by atoms with Gasteiger partial charge < -0.3 is 9.84 Å². The van der Waals surface area contributed by atoms with Crippen LogP contribution in [0, 0.1) is 5.82 Å². The van der Waals surface area contributed by atoms with Gasteiger partial charge in [-0.15, -0.1) is 11.3 Å². The SMILES string of the molecule is CCOc1ccc(/C(O)=C2/C(=O)C(=O)N(c3ccc(F)cc3)C2c2cccs2)cc1C(C)(C)C. The molecule has 0 saturated carbocycles. The lowest BCUT2D eigenvalue weighted by atomic mass is 9.84. The maximum absolute atomic E-state index is 13.5. The number of benzene rings is 2. The fourth-order valence-electron chi connectivity index (χ4n) is 4.12. The Kier molecular flexibility index (Phi) is 6.32. The van der Waals surface area contributed by atoms with Gasteiger partial charge in [-0.3, -0.25) is 14.5 Å². The van der Waals surface area contributed by atoms with Gasteiger partial charge in [0.15, 0.2) is 0 Å². The number of thiophene rings is 1. The average Bonchev–Trinajstić information content (AvgIpc) is 3.41. The molecule has 5 nitrogen and oxygen atoms in total. The predicted molar refractivity (Wildman–Crippen MR) is 132 cm³/mol. The number of rotatable bonds is 5. The number of ether oxygens (including phenoxy) is 1. The topological polar surface area (TPSA) is 66.8 Å². The maximum atomic E-state index is 13.5. The number of Topliss-reactive ketones (excluding diaryl/α,β-unsaturated/α-hetero) is 1. The van der Waals surface area contributed by atoms with Crippen molar-refractivity contribution in [3.63, 3.8) is 0 Å². The summed E-state index contributed by atoms with van der Waals surface area (Å²) in [4.78, 5) is 28.4. The number of amides is 1. The van der Waals surface area contributed by atoms with Crippen molar-refractivity contribution in [3.05, 3.63) is 87.4 Å². The molecule has 1 aromatic heterocycles. The van der Waals surface area contributed by atoms with Crippen LogP contribution < -0.4 is 9.64 Å². The molecule has 1 aliphatic heterocycles. The van der Waals surface area contributed by atoms with Gasteiger partial charge in [0.2, 0.25) is 0 Å². The Hall–Kier alpha value is -3.45. The molecule has 0 radical (unpaired) electrons. The molecule has 176 valence electrons. The van der Waals surface area contributed by atoms with Crippen molar-refractivity contribution in [2.24, 2.45) is 0 Å². The minimum atomic E-state index is -0.824. The first-order valence-corrected chi connectivity index (χ1v) is 11.9. The van der Waals surface area contributed by atoms with Crippen LogP contribution in [0.15, 0.2) is 65.6 Å². The van der Waals surface area contributed by atoms with Gasteiger partial charge in [-0.1, -0.05) is 26.8 Å². The van der Waals surface area contributed by atoms with Crippen LogP contribution in [0.5, 0.6) is 5.75 Å². The quantitative estimate of drug-likeness (QED) is 0.268. The van der Waals surface area contributed by atoms with E-state index in [0.29, 0.717) is 28.5 Å². The van der Waals surface area contributed by atoms with Gasteiger partial charge in [-0.25, -0.2) is 4.39 Å². The molecule has 0 spiro atoms. The molecule has 7 heteroatoms. The summed E-state index contributed by atoms with van der Waals surface area (Å²) in [6.07, 6.45) is 0. The van der Waals surface area contributed by atoms with Crippen molar-refractivity contribution < 1.29 is 23.8 Å². The highest BCUT2D eigenvalue weighted by molar-refractivity contribution is 7.10. The number of hydrogen-bond donors (Lipinski definition) is 1. The largest absolute Gasteiger partial charge is 0.507 e. The number of carbonyl (C=O) groups excluding carboxylic acids is 2. The van der Waals surface area contributed by atoms with Crippen LogP contribution in [0.1, 0.15) is 49.7 Å². The molecule has 1 unspecified atom stereocenters. The molecular formula is C27H26FNO4S. The van der Waals surface area contributed by atoms with Crippen molar-refractivity contribution in [2.75, 3.05) is 11.5 Å². The van der Waals surface area contributed by atoms with Crippen LogP contribution in [-0.2, 0) is 15.0 Å². The monoisotopic (exact) mass is 479 g/mol. The number of carbonyl (C=O) groups is 2. The maximum Gasteiger partial charge on any atom is 0.300 e. The van der Waals surface area contributed by atoms with E-state index in [0.717, 1.165) is 5.56 Å². The van der Waals surface area contributed by atoms with E-state index in [-0.39, 0.29) is 16.7 Å². The lowest BCUT2D eigenvalue weighted by molar-refractivity contribution is -0.132. The van der Waals surface area contributed by atoms with Crippen LogP contribution in [0.2, 0.25) is 0 Å². The molecule has 0 aliphatic carbocycles. The Morgan fingerprint density at radius 3 is 2.41 bits per heavy atom. The number of anilines is 1. The van der Waals surface area contributed by atoms with Crippen LogP contribution >= 0.6 is 11.3 Å². The second-order valence-corrected chi connectivity index (χ2v) is 10.0. The third kappa shape index (κ3) is 4.23. The van der Waals surface area contributed by atoms with Crippen molar-refractivity contribution in [1.29, 1.82) is 0 Å². The molecule has 34 heavy (non-hydrogen) atoms. The summed E-state index contributed by atoms with van der Waals surface area (Å²) in [6.45, 7) is 8.50. The summed E-state index contributed by atoms with van der Waals surface area (Å²) in [6, 6.07) is 13.5. The third-order valence-electron chi connectivity index (χ3n) is 5.72. The van der Waals surface area contributed by atoms with E-state index >= 15 is 0 Å². The summed E-state index contributed by atoms with van der Waals surface area (Å²) >= 11 is 1.37. The lowest BCUT2D eigenvalue weighted by Gasteiger charge is -2.25. The Labute approximate surface area is 202 Å². The molecular weight excluding hydrogens is 453 g/mol. The van der Waals surface area contributed by atoms with E-state index in [4.69, 9.17) is 4.74 Å². The third-order valence-corrected chi connectivity index (χ3v) is 6.65. The standard InChI is InChI=1S/C27H26FNO4S/c1-5-33-20-13-8-16(15-19(20)27(2,3)4)24(30)22-23(21-7-6-14-34-21)29(26(32)25(22)31)18-11-9-17(28)10-12-18/h6-15,23,30H,5H2,1-4H3/b24-22-. The first-order chi connectivity index (χ1) is 16.1. The van der Waals surface area contributed by atoms with Gasteiger partial charge in [0.25, 0.3) is 11.7 Å². The molecule has 1 fully saturated rings. The van der Waals surface area contributed by atoms with Gasteiger partial charge in [-0.2, -0.15) is 0 Å². The van der Waals surface area contributed by atoms with Gasteiger partial charge in [0.1, 0.15) is 23.4 Å². The zero-order valence-electron chi connectivity index (χ0n) is 19.5. The molecule has 4 rings (SSSR count). The molecule has 1 N–H and O–H groups in total. The van der Waals surface area contributed by atoms with E-state index in [1.54, 1.807) is 18.2 Å². The first-order valence-electron chi connectivity index (χ1n) is 11.0. The van der Waals surface area contributed by atoms with Crippen molar-refractivity contribution in [1.82, 2.24) is 0 Å². The molecule has 1 aliphatic rings. The average molecular weight is 480 g/mol. The number of ketones is 1. The molecule has 1 saturated heterocycles. The number of aliphatic hydroxyl groups is 1. The summed E-state index contributed by atoms with van der Waals surface area (Å²) < 4.78 is 19.3. The number of hydrogen-bond acceptors (Lipinski definition) is 5. The number of nitrogens with zero attached hydrogens (tertiary/aromatic N) is 1. The highest BCUT2D eigenvalue weighted by atomic mass is 32.1. The van der Waals surface area contributed by atoms with Gasteiger partial charge >= 0.3 is 0 Å². The van der Waals surface area contributed by atoms with Gasteiger partial charge in [0.05, 0.1) is 12.2 Å². The second kappa shape index (κ2) is 9.06. The highest BCUT2D eigenvalue weighted by Gasteiger charge is 2.47. The van der Waals surface area contributed by atoms with E-state index < -0.39 is 23.5 Å². The Bertz CT molecular complexity index is 1260. The van der Waals surface area contributed by atoms with E-state index in [1.807, 2.05) is 45.2 Å². The molecule has 2 aromatic carbocycles. The zero-order valence-corrected chi connectivity index (χ0v) is 20.3. The second-order valence-electron chi connectivity index (χ2n) is 9.05. The van der Waals surface area contributed by atoms with Crippen LogP contribution in [0.25, 0.3) is 5.76 Å². The smallest absolute Gasteiger partial charge is 0.300 e. The molecule has 0 bridgehead atoms. The Morgan fingerprint density at radius 1 is 1.12 bits per heavy atom. The van der Waals surface area contributed by atoms with Gasteiger partial charge in [-0.05, 0) is 66.2 Å². The highest BCUT2D eigenvalue weighted by Crippen LogP contribution is 2.44. The number of aliphatic hydroxyl groups excluding tert-OH is 1. The van der Waals surface area contributed by atoms with Crippen molar-refractivity contribution in [2.45, 2.75) is 39.2 Å². The summed E-state index contributed by atoms with van der Waals surface area (Å²) in [7, 11) is 0. The Balaban J connectivity index is 1.91. The van der Waals surface area contributed by atoms with Crippen molar-refractivity contribution in [3.8, 4) is 5.75 Å². The van der Waals surface area contributed by atoms with E-state index in [9.17, 15) is 19.1 Å². The summed E-state index contributed by atoms with van der Waals surface area (Å²) in [5.41, 5.74) is 1.39. The predicted octanol–water partition coefficient (Wildman–Crippen LogP) is 6.21. The van der Waals surface area contributed by atoms with Crippen molar-refractivity contribution >= 4 is 34.5 Å². The summed E-state index contributed by atoms with van der Waals surface area (Å²) in [5, 5.41) is 13.2. The zero-order chi connectivity index (χ0) is 24.6. The summed E-state index contributed by atoms with van der Waals surface area (Å²) in [5.74, 6) is -1.56. The molecule has 1 atom stereocenters. The molecule has 1 amide bonds. The minimum Gasteiger partial charge on any atom is -0.507 e. The Morgan fingerprint density at radius 2 is 1.82 bits per heavy atom. The fraction of sp³-hybridized carbons (Fsp3) is 0.259. The lowest BCUT2D eigenvalue weighted by Crippen LogP contribution is -2.29. The van der Waals surface area contributed by atoms with Crippen LogP contribution in [0.3, 0.4) is 0 Å². The van der Waals surface area contributed by atoms with Crippen LogP contribution in [-0.4, -0.2) is 23.4 Å². The van der Waals surface area contributed by atoms with Crippen LogP contribution in [0.4, 0.5) is 10.1 Å². The minimum absolute atomic E-state index is 0.000735. The first kappa shape index (κ1) is 23.7. The molecule has 3 aromatic rings.